The van der Waals surface area contributed by atoms with Crippen molar-refractivity contribution >= 4 is 11.8 Å². The second-order valence-electron chi connectivity index (χ2n) is 4.13. The molecule has 0 aliphatic carbocycles. The third-order valence-electron chi connectivity index (χ3n) is 3.12. The Labute approximate surface area is 93.1 Å². The number of aromatic amines is 1. The van der Waals surface area contributed by atoms with Crippen molar-refractivity contribution in [1.82, 2.24) is 9.88 Å². The molecule has 2 atom stereocenters. The number of piperidine rings is 1. The number of hydrogen-bond acceptors (Lipinski definition) is 3. The first-order valence-corrected chi connectivity index (χ1v) is 5.18. The number of likely N-dealkylation sites (N-methyl/N-ethyl adjacent to an activating group) is 1. The van der Waals surface area contributed by atoms with Crippen molar-refractivity contribution < 1.29 is 14.7 Å². The van der Waals surface area contributed by atoms with Gasteiger partial charge in [0.15, 0.2) is 0 Å². The molecule has 0 radical (unpaired) electrons. The molecule has 0 amide bonds. The summed E-state index contributed by atoms with van der Waals surface area (Å²) in [5, 5.41) is 9.04. The van der Waals surface area contributed by atoms with Crippen molar-refractivity contribution in [2.24, 2.45) is 0 Å². The predicted octanol–water partition coefficient (Wildman–Crippen LogP) is 0.804. The van der Waals surface area contributed by atoms with Gasteiger partial charge in [-0.1, -0.05) is 0 Å². The Morgan fingerprint density at radius 3 is 2.88 bits per heavy atom. The van der Waals surface area contributed by atoms with E-state index in [0.717, 1.165) is 5.56 Å². The van der Waals surface area contributed by atoms with Gasteiger partial charge in [0.05, 0.1) is 0 Å². The summed E-state index contributed by atoms with van der Waals surface area (Å²) in [6.45, 7) is 0. The van der Waals surface area contributed by atoms with Crippen molar-refractivity contribution in [1.29, 1.82) is 0 Å². The van der Waals surface area contributed by atoms with Crippen LogP contribution >= 0.6 is 0 Å². The van der Waals surface area contributed by atoms with Gasteiger partial charge in [0, 0.05) is 31.3 Å². The minimum Gasteiger partial charge on any atom is -0.480 e. The standard InChI is InChI=1S/C11H14N2O3/c1-13-9(7-2-3-12-6-7)4-8(14)5-10(13)11(15)16/h2-3,6,9-10,12H,4-5H2,1H3,(H,15,16). The van der Waals surface area contributed by atoms with E-state index >= 15 is 0 Å². The molecule has 1 fully saturated rings. The number of carboxylic acids is 1. The fraction of sp³-hybridized carbons (Fsp3) is 0.455. The Morgan fingerprint density at radius 1 is 1.56 bits per heavy atom. The molecule has 1 aliphatic rings. The van der Waals surface area contributed by atoms with Crippen molar-refractivity contribution in [3.8, 4) is 0 Å². The molecule has 0 aromatic carbocycles. The first kappa shape index (κ1) is 10.9. The molecule has 5 heteroatoms. The van der Waals surface area contributed by atoms with Crippen LogP contribution in [0.25, 0.3) is 0 Å². The lowest BCUT2D eigenvalue weighted by atomic mass is 9.92. The van der Waals surface area contributed by atoms with Crippen molar-refractivity contribution in [2.45, 2.75) is 24.9 Å². The van der Waals surface area contributed by atoms with Gasteiger partial charge in [-0.25, -0.2) is 0 Å². The first-order chi connectivity index (χ1) is 7.59. The fourth-order valence-electron chi connectivity index (χ4n) is 2.18. The van der Waals surface area contributed by atoms with E-state index in [1.165, 1.54) is 0 Å². The SMILES string of the molecule is CN1C(C(=O)O)CC(=O)CC1c1cc[nH]c1. The Balaban J connectivity index is 2.25. The number of likely N-dealkylation sites (tertiary alicyclic amines) is 1. The van der Waals surface area contributed by atoms with Crippen LogP contribution in [0.3, 0.4) is 0 Å². The zero-order valence-corrected chi connectivity index (χ0v) is 9.01. The molecule has 0 bridgehead atoms. The van der Waals surface area contributed by atoms with Crippen molar-refractivity contribution in [2.75, 3.05) is 7.05 Å². The molecule has 5 nitrogen and oxygen atoms in total. The smallest absolute Gasteiger partial charge is 0.321 e. The summed E-state index contributed by atoms with van der Waals surface area (Å²) in [6.07, 6.45) is 4.07. The quantitative estimate of drug-likeness (QED) is 0.776. The largest absolute Gasteiger partial charge is 0.480 e. The minimum absolute atomic E-state index is 0.0108. The minimum atomic E-state index is -0.934. The first-order valence-electron chi connectivity index (χ1n) is 5.18. The van der Waals surface area contributed by atoms with E-state index in [1.54, 1.807) is 24.3 Å². The number of aromatic nitrogens is 1. The fourth-order valence-corrected chi connectivity index (χ4v) is 2.18. The number of carbonyl (C=O) groups excluding carboxylic acids is 1. The van der Waals surface area contributed by atoms with Gasteiger partial charge < -0.3 is 10.1 Å². The maximum atomic E-state index is 11.5. The van der Waals surface area contributed by atoms with Gasteiger partial charge in [-0.15, -0.1) is 0 Å². The highest BCUT2D eigenvalue weighted by Crippen LogP contribution is 2.31. The highest BCUT2D eigenvalue weighted by molar-refractivity contribution is 5.87. The summed E-state index contributed by atoms with van der Waals surface area (Å²) in [4.78, 5) is 27.2. The van der Waals surface area contributed by atoms with Gasteiger partial charge in [-0.3, -0.25) is 14.5 Å². The molecule has 1 aromatic rings. The average molecular weight is 222 g/mol. The molecule has 86 valence electrons. The molecule has 2 rings (SSSR count). The number of H-pyrrole nitrogens is 1. The number of hydrogen-bond donors (Lipinski definition) is 2. The monoisotopic (exact) mass is 222 g/mol. The molecule has 1 aliphatic heterocycles. The molecule has 2 heterocycles. The van der Waals surface area contributed by atoms with Crippen LogP contribution in [0.4, 0.5) is 0 Å². The molecule has 2 N–H and O–H groups in total. The second kappa shape index (κ2) is 4.09. The zero-order chi connectivity index (χ0) is 11.7. The molecular weight excluding hydrogens is 208 g/mol. The number of nitrogens with one attached hydrogen (secondary N) is 1. The summed E-state index contributed by atoms with van der Waals surface area (Å²) < 4.78 is 0. The number of Topliss-reactive ketones (excluding diaryl/α,β-unsaturated/α-hetero) is 1. The summed E-state index contributed by atoms with van der Waals surface area (Å²) in [5.74, 6) is -0.923. The zero-order valence-electron chi connectivity index (χ0n) is 9.01. The van der Waals surface area contributed by atoms with Crippen LogP contribution in [0.5, 0.6) is 0 Å². The average Bonchev–Trinajstić information content (AvgIpc) is 2.73. The normalized spacial score (nSPS) is 26.9. The van der Waals surface area contributed by atoms with Gasteiger partial charge in [0.25, 0.3) is 0 Å². The summed E-state index contributed by atoms with van der Waals surface area (Å²) in [6, 6.07) is 1.04. The molecule has 16 heavy (non-hydrogen) atoms. The van der Waals surface area contributed by atoms with Gasteiger partial charge in [0.1, 0.15) is 11.8 Å². The van der Waals surface area contributed by atoms with Crippen LogP contribution in [0.1, 0.15) is 24.4 Å². The Bertz CT molecular complexity index is 399. The number of carbonyl (C=O) groups is 2. The number of nitrogens with zero attached hydrogens (tertiary/aromatic N) is 1. The van der Waals surface area contributed by atoms with E-state index in [1.807, 2.05) is 6.07 Å². The highest BCUT2D eigenvalue weighted by Gasteiger charge is 2.37. The summed E-state index contributed by atoms with van der Waals surface area (Å²) >= 11 is 0. The second-order valence-corrected chi connectivity index (χ2v) is 4.13. The third kappa shape index (κ3) is 1.86. The maximum Gasteiger partial charge on any atom is 0.321 e. The summed E-state index contributed by atoms with van der Waals surface area (Å²) in [5.41, 5.74) is 0.960. The lowest BCUT2D eigenvalue weighted by molar-refractivity contribution is -0.148. The molecule has 1 saturated heterocycles. The van der Waals surface area contributed by atoms with E-state index in [4.69, 9.17) is 5.11 Å². The third-order valence-corrected chi connectivity index (χ3v) is 3.12. The van der Waals surface area contributed by atoms with Crippen LogP contribution < -0.4 is 0 Å². The summed E-state index contributed by atoms with van der Waals surface area (Å²) in [7, 11) is 1.75. The van der Waals surface area contributed by atoms with E-state index in [0.29, 0.717) is 6.42 Å². The Kier molecular flexibility index (Phi) is 2.78. The lowest BCUT2D eigenvalue weighted by Crippen LogP contribution is -2.46. The van der Waals surface area contributed by atoms with E-state index < -0.39 is 12.0 Å². The lowest BCUT2D eigenvalue weighted by Gasteiger charge is -2.36. The van der Waals surface area contributed by atoms with Crippen molar-refractivity contribution in [3.63, 3.8) is 0 Å². The molecule has 0 saturated carbocycles. The van der Waals surface area contributed by atoms with Crippen LogP contribution in [0, 0.1) is 0 Å². The van der Waals surface area contributed by atoms with E-state index in [2.05, 4.69) is 4.98 Å². The Hall–Kier alpha value is -1.62. The predicted molar refractivity (Wildman–Crippen MR) is 57.0 cm³/mol. The van der Waals surface area contributed by atoms with Crippen molar-refractivity contribution in [3.05, 3.63) is 24.0 Å². The van der Waals surface area contributed by atoms with Gasteiger partial charge in [-0.2, -0.15) is 0 Å². The maximum absolute atomic E-state index is 11.5. The molecule has 1 aromatic heterocycles. The highest BCUT2D eigenvalue weighted by atomic mass is 16.4. The van der Waals surface area contributed by atoms with Gasteiger partial charge in [-0.05, 0) is 18.7 Å². The molecule has 0 spiro atoms. The van der Waals surface area contributed by atoms with Crippen LogP contribution in [0.15, 0.2) is 18.5 Å². The van der Waals surface area contributed by atoms with Crippen LogP contribution in [-0.2, 0) is 9.59 Å². The Morgan fingerprint density at radius 2 is 2.31 bits per heavy atom. The topological polar surface area (TPSA) is 73.4 Å². The van der Waals surface area contributed by atoms with Gasteiger partial charge in [0.2, 0.25) is 0 Å². The molecule has 2 unspecified atom stereocenters. The van der Waals surface area contributed by atoms with Crippen LogP contribution in [0.2, 0.25) is 0 Å². The van der Waals surface area contributed by atoms with E-state index in [-0.39, 0.29) is 18.2 Å². The van der Waals surface area contributed by atoms with E-state index in [9.17, 15) is 9.59 Å². The van der Waals surface area contributed by atoms with Gasteiger partial charge >= 0.3 is 5.97 Å². The van der Waals surface area contributed by atoms with Crippen LogP contribution in [-0.4, -0.2) is 39.8 Å². The number of aliphatic carboxylic acids is 1. The number of ketones is 1. The molecular formula is C11H14N2O3. The number of rotatable bonds is 2. The number of carboxylic acid groups (broad SMARTS) is 1.